The third-order valence-corrected chi connectivity index (χ3v) is 5.70. The number of nitrogens with one attached hydrogen (secondary N) is 1. The molecule has 1 heterocycles. The van der Waals surface area contributed by atoms with Crippen molar-refractivity contribution in [1.82, 2.24) is 10.2 Å². The Balaban J connectivity index is 2.09. The second kappa shape index (κ2) is 6.55. The maximum absolute atomic E-state index is 12.1. The quantitative estimate of drug-likeness (QED) is 0.825. The van der Waals surface area contributed by atoms with Gasteiger partial charge in [0.25, 0.3) is 0 Å². The number of aryl methyl sites for hydroxylation is 1. The van der Waals surface area contributed by atoms with Crippen molar-refractivity contribution in [3.8, 4) is 0 Å². The van der Waals surface area contributed by atoms with Gasteiger partial charge in [0.1, 0.15) is 0 Å². The van der Waals surface area contributed by atoms with E-state index in [0.29, 0.717) is 5.13 Å². The fourth-order valence-electron chi connectivity index (χ4n) is 1.58. The molecule has 0 atom stereocenters. The molecule has 0 unspecified atom stereocenters. The molecule has 1 aromatic carbocycles. The summed E-state index contributed by atoms with van der Waals surface area (Å²) in [6.45, 7) is 3.90. The number of anilines is 1. The Morgan fingerprint density at radius 1 is 1.30 bits per heavy atom. The van der Waals surface area contributed by atoms with E-state index in [-0.39, 0.29) is 5.75 Å². The predicted molar refractivity (Wildman–Crippen MR) is 83.7 cm³/mol. The van der Waals surface area contributed by atoms with Gasteiger partial charge >= 0.3 is 0 Å². The van der Waals surface area contributed by atoms with Crippen LogP contribution in [0.3, 0.4) is 0 Å². The van der Waals surface area contributed by atoms with E-state index in [9.17, 15) is 8.42 Å². The van der Waals surface area contributed by atoms with Crippen LogP contribution in [0, 0.1) is 6.92 Å². The maximum atomic E-state index is 12.1. The first-order valence-corrected chi connectivity index (χ1v) is 9.47. The minimum atomic E-state index is -3.46. The van der Waals surface area contributed by atoms with Gasteiger partial charge in [0.05, 0.1) is 5.75 Å². The van der Waals surface area contributed by atoms with E-state index in [2.05, 4.69) is 14.9 Å². The zero-order valence-corrected chi connectivity index (χ0v) is 13.6. The smallest absolute Gasteiger partial charge is 0.238 e. The lowest BCUT2D eigenvalue weighted by Crippen LogP contribution is -2.15. The van der Waals surface area contributed by atoms with Gasteiger partial charge in [-0.25, -0.2) is 8.42 Å². The maximum Gasteiger partial charge on any atom is 0.238 e. The average molecular weight is 329 g/mol. The van der Waals surface area contributed by atoms with Crippen LogP contribution in [-0.4, -0.2) is 24.4 Å². The number of nitrogens with zero attached hydrogens (tertiary/aromatic N) is 2. The van der Waals surface area contributed by atoms with Crippen LogP contribution >= 0.6 is 23.1 Å². The van der Waals surface area contributed by atoms with Crippen molar-refractivity contribution < 1.29 is 8.42 Å². The molecule has 2 rings (SSSR count). The van der Waals surface area contributed by atoms with Crippen LogP contribution in [0.5, 0.6) is 0 Å². The van der Waals surface area contributed by atoms with Gasteiger partial charge in [0.2, 0.25) is 15.2 Å². The summed E-state index contributed by atoms with van der Waals surface area (Å²) in [4.78, 5) is 0. The van der Waals surface area contributed by atoms with Gasteiger partial charge in [-0.3, -0.25) is 4.72 Å². The summed E-state index contributed by atoms with van der Waals surface area (Å²) in [6, 6.07) is 7.43. The second-order valence-electron chi connectivity index (χ2n) is 4.09. The molecule has 1 aromatic heterocycles. The molecule has 8 heteroatoms. The summed E-state index contributed by atoms with van der Waals surface area (Å²) in [7, 11) is -3.46. The van der Waals surface area contributed by atoms with E-state index in [1.807, 2.05) is 38.1 Å². The zero-order chi connectivity index (χ0) is 14.6. The molecule has 1 N–H and O–H groups in total. The lowest BCUT2D eigenvalue weighted by atomic mass is 10.1. The summed E-state index contributed by atoms with van der Waals surface area (Å²) in [5.41, 5.74) is 1.74. The van der Waals surface area contributed by atoms with Crippen LogP contribution in [0.4, 0.5) is 5.13 Å². The zero-order valence-electron chi connectivity index (χ0n) is 11.2. The van der Waals surface area contributed by atoms with Gasteiger partial charge < -0.3 is 0 Å². The van der Waals surface area contributed by atoms with Gasteiger partial charge in [-0.15, -0.1) is 10.2 Å². The number of hydrogen-bond acceptors (Lipinski definition) is 6. The SMILES string of the molecule is CCSc1nnc(NS(=O)(=O)Cc2ccccc2C)s1. The van der Waals surface area contributed by atoms with E-state index in [0.717, 1.165) is 21.2 Å². The van der Waals surface area contributed by atoms with Crippen LogP contribution in [0.1, 0.15) is 18.1 Å². The van der Waals surface area contributed by atoms with E-state index in [1.165, 1.54) is 23.1 Å². The summed E-state index contributed by atoms with van der Waals surface area (Å²) < 4.78 is 27.5. The highest BCUT2D eigenvalue weighted by Crippen LogP contribution is 2.26. The summed E-state index contributed by atoms with van der Waals surface area (Å²) in [5.74, 6) is 0.820. The minimum Gasteiger partial charge on any atom is -0.257 e. The van der Waals surface area contributed by atoms with Crippen LogP contribution in [0.2, 0.25) is 0 Å². The van der Waals surface area contributed by atoms with Crippen molar-refractivity contribution in [3.63, 3.8) is 0 Å². The van der Waals surface area contributed by atoms with Gasteiger partial charge in [0, 0.05) is 0 Å². The fourth-order valence-corrected chi connectivity index (χ4v) is 4.74. The molecule has 0 fully saturated rings. The minimum absolute atomic E-state index is 0.0600. The molecule has 0 amide bonds. The Labute approximate surface area is 126 Å². The van der Waals surface area contributed by atoms with Crippen molar-refractivity contribution >= 4 is 38.3 Å². The highest BCUT2D eigenvalue weighted by atomic mass is 32.2. The van der Waals surface area contributed by atoms with Gasteiger partial charge in [0.15, 0.2) is 4.34 Å². The second-order valence-corrected chi connectivity index (χ2v) is 8.30. The molecule has 5 nitrogen and oxygen atoms in total. The first-order chi connectivity index (χ1) is 9.50. The average Bonchev–Trinajstić information content (AvgIpc) is 2.79. The number of hydrogen-bond donors (Lipinski definition) is 1. The predicted octanol–water partition coefficient (Wildman–Crippen LogP) is 2.90. The van der Waals surface area contributed by atoms with E-state index in [4.69, 9.17) is 0 Å². The van der Waals surface area contributed by atoms with Crippen LogP contribution in [-0.2, 0) is 15.8 Å². The third kappa shape index (κ3) is 4.19. The molecule has 0 aliphatic rings. The largest absolute Gasteiger partial charge is 0.257 e. The molecular formula is C12H15N3O2S3. The van der Waals surface area contributed by atoms with Crippen LogP contribution in [0.25, 0.3) is 0 Å². The standard InChI is InChI=1S/C12H15N3O2S3/c1-3-18-12-14-13-11(19-12)15-20(16,17)8-10-7-5-4-6-9(10)2/h4-7H,3,8H2,1-2H3,(H,13,15). The molecule has 2 aromatic rings. The Morgan fingerprint density at radius 3 is 2.75 bits per heavy atom. The molecule has 0 spiro atoms. The lowest BCUT2D eigenvalue weighted by molar-refractivity contribution is 0.600. The van der Waals surface area contributed by atoms with Crippen molar-refractivity contribution in [2.24, 2.45) is 0 Å². The number of benzene rings is 1. The molecule has 0 bridgehead atoms. The molecule has 0 radical (unpaired) electrons. The van der Waals surface area contributed by atoms with Gasteiger partial charge in [-0.1, -0.05) is 54.3 Å². The number of sulfonamides is 1. The van der Waals surface area contributed by atoms with Crippen molar-refractivity contribution in [2.75, 3.05) is 10.5 Å². The fraction of sp³-hybridized carbons (Fsp3) is 0.333. The third-order valence-electron chi connectivity index (χ3n) is 2.52. The number of thioether (sulfide) groups is 1. The monoisotopic (exact) mass is 329 g/mol. The highest BCUT2D eigenvalue weighted by molar-refractivity contribution is 8.01. The molecule has 0 saturated heterocycles. The Bertz CT molecular complexity index is 683. The van der Waals surface area contributed by atoms with Crippen molar-refractivity contribution in [2.45, 2.75) is 23.9 Å². The van der Waals surface area contributed by atoms with Crippen molar-refractivity contribution in [3.05, 3.63) is 35.4 Å². The van der Waals surface area contributed by atoms with Gasteiger partial charge in [-0.05, 0) is 23.8 Å². The summed E-state index contributed by atoms with van der Waals surface area (Å²) in [5, 5.41) is 8.08. The Kier molecular flexibility index (Phi) is 5.00. The molecule has 108 valence electrons. The molecule has 20 heavy (non-hydrogen) atoms. The first-order valence-electron chi connectivity index (χ1n) is 6.01. The number of rotatable bonds is 6. The topological polar surface area (TPSA) is 72.0 Å². The van der Waals surface area contributed by atoms with E-state index in [1.54, 1.807) is 0 Å². The molecular weight excluding hydrogens is 314 g/mol. The number of aromatic nitrogens is 2. The lowest BCUT2D eigenvalue weighted by Gasteiger charge is -2.07. The molecule has 0 aliphatic heterocycles. The van der Waals surface area contributed by atoms with Gasteiger partial charge in [-0.2, -0.15) is 0 Å². The Morgan fingerprint density at radius 2 is 2.05 bits per heavy atom. The normalized spacial score (nSPS) is 11.5. The summed E-state index contributed by atoms with van der Waals surface area (Å²) >= 11 is 2.79. The molecule has 0 saturated carbocycles. The van der Waals surface area contributed by atoms with E-state index < -0.39 is 10.0 Å². The van der Waals surface area contributed by atoms with E-state index >= 15 is 0 Å². The van der Waals surface area contributed by atoms with Crippen LogP contribution in [0.15, 0.2) is 28.6 Å². The Hall–Kier alpha value is -1.12. The molecule has 0 aliphatic carbocycles. The van der Waals surface area contributed by atoms with Crippen molar-refractivity contribution in [1.29, 1.82) is 0 Å². The van der Waals surface area contributed by atoms with Crippen LogP contribution < -0.4 is 4.72 Å². The first kappa shape index (κ1) is 15.3. The summed E-state index contributed by atoms with van der Waals surface area (Å²) in [6.07, 6.45) is 0. The highest BCUT2D eigenvalue weighted by Gasteiger charge is 2.15.